The maximum atomic E-state index is 12.7. The fourth-order valence-electron chi connectivity index (χ4n) is 4.59. The van der Waals surface area contributed by atoms with Crippen LogP contribution in [0.3, 0.4) is 0 Å². The zero-order valence-electron chi connectivity index (χ0n) is 18.2. The quantitative estimate of drug-likeness (QED) is 0.580. The van der Waals surface area contributed by atoms with Crippen molar-refractivity contribution in [2.24, 2.45) is 11.8 Å². The van der Waals surface area contributed by atoms with E-state index < -0.39 is 0 Å². The average Bonchev–Trinajstić information content (AvgIpc) is 3.44. The molecule has 5 nitrogen and oxygen atoms in total. The van der Waals surface area contributed by atoms with Gasteiger partial charge in [0.15, 0.2) is 0 Å². The lowest BCUT2D eigenvalue weighted by Gasteiger charge is -2.15. The van der Waals surface area contributed by atoms with Gasteiger partial charge in [-0.25, -0.2) is 4.98 Å². The van der Waals surface area contributed by atoms with Gasteiger partial charge < -0.3 is 10.2 Å². The van der Waals surface area contributed by atoms with Crippen molar-refractivity contribution in [1.82, 2.24) is 9.88 Å². The summed E-state index contributed by atoms with van der Waals surface area (Å²) in [4.78, 5) is 31.2. The van der Waals surface area contributed by atoms with Gasteiger partial charge in [0.25, 0.3) is 5.91 Å². The molecule has 2 aliphatic rings. The third kappa shape index (κ3) is 4.77. The van der Waals surface area contributed by atoms with E-state index in [1.54, 1.807) is 36.5 Å². The van der Waals surface area contributed by atoms with E-state index >= 15 is 0 Å². The minimum Gasteiger partial charge on any atom is -0.338 e. The number of likely N-dealkylation sites (tertiary alicyclic amines) is 1. The first-order valence-electron chi connectivity index (χ1n) is 11.2. The smallest absolute Gasteiger partial charge is 0.256 e. The van der Waals surface area contributed by atoms with Crippen molar-refractivity contribution in [3.63, 3.8) is 0 Å². The van der Waals surface area contributed by atoms with Gasteiger partial charge in [0.1, 0.15) is 5.82 Å². The molecular weight excluding hydrogens is 410 g/mol. The van der Waals surface area contributed by atoms with E-state index in [1.165, 1.54) is 11.1 Å². The van der Waals surface area contributed by atoms with Crippen LogP contribution in [-0.2, 0) is 4.79 Å². The Balaban J connectivity index is 1.16. The average molecular weight is 436 g/mol. The maximum Gasteiger partial charge on any atom is 0.256 e. The molecule has 1 aliphatic heterocycles. The van der Waals surface area contributed by atoms with Gasteiger partial charge >= 0.3 is 0 Å². The van der Waals surface area contributed by atoms with Crippen molar-refractivity contribution in [3.8, 4) is 0 Å². The summed E-state index contributed by atoms with van der Waals surface area (Å²) < 4.78 is 0. The molecule has 2 aromatic carbocycles. The molecule has 164 valence electrons. The second-order valence-electron chi connectivity index (χ2n) is 8.56. The number of carbonyl (C=O) groups excluding carboxylic acids is 2. The van der Waals surface area contributed by atoms with Gasteiger partial charge in [-0.2, -0.15) is 0 Å². The van der Waals surface area contributed by atoms with Crippen LogP contribution in [0.1, 0.15) is 27.9 Å². The number of aromatic nitrogens is 1. The number of nitrogens with zero attached hydrogens (tertiary/aromatic N) is 2. The minimum atomic E-state index is -0.203. The molecule has 2 heterocycles. The summed E-state index contributed by atoms with van der Waals surface area (Å²) in [5.41, 5.74) is 4.08. The predicted molar refractivity (Wildman–Crippen MR) is 130 cm³/mol. The van der Waals surface area contributed by atoms with Crippen molar-refractivity contribution < 1.29 is 9.59 Å². The molecule has 2 unspecified atom stereocenters. The number of allylic oxidation sites excluding steroid dienone is 1. The number of anilines is 1. The van der Waals surface area contributed by atoms with Crippen LogP contribution in [0.4, 0.5) is 5.82 Å². The summed E-state index contributed by atoms with van der Waals surface area (Å²) in [7, 11) is 0. The zero-order valence-corrected chi connectivity index (χ0v) is 18.2. The molecular formula is C28H25N3O2. The van der Waals surface area contributed by atoms with Crippen LogP contribution in [0, 0.1) is 11.8 Å². The number of hydrogen-bond acceptors (Lipinski definition) is 3. The first kappa shape index (κ1) is 20.9. The second-order valence-corrected chi connectivity index (χ2v) is 8.56. The van der Waals surface area contributed by atoms with Crippen molar-refractivity contribution >= 4 is 29.3 Å². The highest BCUT2D eigenvalue weighted by atomic mass is 16.2. The minimum absolute atomic E-state index is 0.0283. The van der Waals surface area contributed by atoms with Crippen molar-refractivity contribution in [2.75, 3.05) is 18.4 Å². The van der Waals surface area contributed by atoms with E-state index in [0.29, 0.717) is 23.2 Å². The molecule has 0 saturated carbocycles. The van der Waals surface area contributed by atoms with Crippen LogP contribution in [0.15, 0.2) is 91.1 Å². The van der Waals surface area contributed by atoms with E-state index in [2.05, 4.69) is 40.6 Å². The molecule has 2 amide bonds. The Labute approximate surface area is 193 Å². The standard InChI is InChI=1S/C28H25N3O2/c32-27(31-18-24-15-23(16-25(24)19-31)21-7-3-1-4-8-21)14-12-20-11-13-26(29-17-20)30-28(33)22-9-5-2-6-10-22/h1-15,17,24-25H,16,18-19H2,(H,29,30,33)/b14-12+. The molecule has 0 radical (unpaired) electrons. The van der Waals surface area contributed by atoms with E-state index in [4.69, 9.17) is 0 Å². The van der Waals surface area contributed by atoms with E-state index in [1.807, 2.05) is 35.2 Å². The van der Waals surface area contributed by atoms with Crippen LogP contribution >= 0.6 is 0 Å². The number of nitrogens with one attached hydrogen (secondary N) is 1. The summed E-state index contributed by atoms with van der Waals surface area (Å²) >= 11 is 0. The molecule has 1 saturated heterocycles. The Morgan fingerprint density at radius 1 is 0.939 bits per heavy atom. The van der Waals surface area contributed by atoms with Gasteiger partial charge in [-0.1, -0.05) is 54.6 Å². The van der Waals surface area contributed by atoms with Gasteiger partial charge in [-0.05, 0) is 65.3 Å². The molecule has 1 aromatic heterocycles. The molecule has 0 bridgehead atoms. The summed E-state index contributed by atoms with van der Waals surface area (Å²) in [5.74, 6) is 1.24. The maximum absolute atomic E-state index is 12.7. The van der Waals surface area contributed by atoms with E-state index in [9.17, 15) is 9.59 Å². The predicted octanol–water partition coefficient (Wildman–Crippen LogP) is 4.91. The molecule has 0 spiro atoms. The SMILES string of the molecule is O=C(Nc1ccc(/C=C/C(=O)N2CC3C=C(c4ccccc4)CC3C2)cn1)c1ccccc1. The summed E-state index contributed by atoms with van der Waals surface area (Å²) in [6.45, 7) is 1.57. The summed E-state index contributed by atoms with van der Waals surface area (Å²) in [5, 5.41) is 2.78. The molecule has 1 N–H and O–H groups in total. The molecule has 1 fully saturated rings. The number of pyridine rings is 1. The molecule has 1 aliphatic carbocycles. The van der Waals surface area contributed by atoms with Crippen LogP contribution < -0.4 is 5.32 Å². The first-order chi connectivity index (χ1) is 16.2. The fraction of sp³-hybridized carbons (Fsp3) is 0.179. The van der Waals surface area contributed by atoms with Gasteiger partial charge in [-0.15, -0.1) is 0 Å². The molecule has 3 aromatic rings. The number of carbonyl (C=O) groups is 2. The highest BCUT2D eigenvalue weighted by Crippen LogP contribution is 2.40. The number of hydrogen-bond donors (Lipinski definition) is 1. The lowest BCUT2D eigenvalue weighted by atomic mass is 9.98. The fourth-order valence-corrected chi connectivity index (χ4v) is 4.59. The third-order valence-electron chi connectivity index (χ3n) is 6.33. The van der Waals surface area contributed by atoms with Crippen molar-refractivity contribution in [3.05, 3.63) is 108 Å². The lowest BCUT2D eigenvalue weighted by Crippen LogP contribution is -2.27. The number of fused-ring (bicyclic) bond motifs is 1. The Morgan fingerprint density at radius 3 is 2.39 bits per heavy atom. The van der Waals surface area contributed by atoms with Crippen LogP contribution in [0.25, 0.3) is 11.6 Å². The monoisotopic (exact) mass is 435 g/mol. The lowest BCUT2D eigenvalue weighted by molar-refractivity contribution is -0.125. The molecule has 5 heteroatoms. The topological polar surface area (TPSA) is 62.3 Å². The normalized spacial score (nSPS) is 19.4. The van der Waals surface area contributed by atoms with Crippen molar-refractivity contribution in [1.29, 1.82) is 0 Å². The Kier molecular flexibility index (Phi) is 5.85. The summed E-state index contributed by atoms with van der Waals surface area (Å²) in [6.07, 6.45) is 8.42. The Morgan fingerprint density at radius 2 is 1.70 bits per heavy atom. The Bertz CT molecular complexity index is 1200. The van der Waals surface area contributed by atoms with Crippen LogP contribution in [0.5, 0.6) is 0 Å². The number of rotatable bonds is 5. The van der Waals surface area contributed by atoms with E-state index in [-0.39, 0.29) is 11.8 Å². The Hall–Kier alpha value is -3.99. The number of amides is 2. The molecule has 5 rings (SSSR count). The molecule has 2 atom stereocenters. The third-order valence-corrected chi connectivity index (χ3v) is 6.33. The highest BCUT2D eigenvalue weighted by molar-refractivity contribution is 6.03. The largest absolute Gasteiger partial charge is 0.338 e. The van der Waals surface area contributed by atoms with Crippen LogP contribution in [-0.4, -0.2) is 34.8 Å². The van der Waals surface area contributed by atoms with Crippen LogP contribution in [0.2, 0.25) is 0 Å². The number of benzene rings is 2. The van der Waals surface area contributed by atoms with Crippen molar-refractivity contribution in [2.45, 2.75) is 6.42 Å². The zero-order chi connectivity index (χ0) is 22.6. The highest BCUT2D eigenvalue weighted by Gasteiger charge is 2.37. The first-order valence-corrected chi connectivity index (χ1v) is 11.2. The summed E-state index contributed by atoms with van der Waals surface area (Å²) in [6, 6.07) is 23.1. The van der Waals surface area contributed by atoms with Gasteiger partial charge in [0.2, 0.25) is 5.91 Å². The van der Waals surface area contributed by atoms with Gasteiger partial charge in [0, 0.05) is 30.9 Å². The van der Waals surface area contributed by atoms with Gasteiger partial charge in [-0.3, -0.25) is 9.59 Å². The van der Waals surface area contributed by atoms with Gasteiger partial charge in [0.05, 0.1) is 0 Å². The second kappa shape index (κ2) is 9.25. The molecule has 33 heavy (non-hydrogen) atoms. The van der Waals surface area contributed by atoms with E-state index in [0.717, 1.165) is 25.1 Å².